The Labute approximate surface area is 122 Å². The number of halogens is 1. The van der Waals surface area contributed by atoms with Crippen LogP contribution in [0.1, 0.15) is 11.1 Å². The van der Waals surface area contributed by atoms with Crippen molar-refractivity contribution in [2.24, 2.45) is 0 Å². The molecule has 1 aromatic heterocycles. The molecule has 21 heavy (non-hydrogen) atoms. The summed E-state index contributed by atoms with van der Waals surface area (Å²) in [6.07, 6.45) is 3.28. The quantitative estimate of drug-likeness (QED) is 0.798. The Kier molecular flexibility index (Phi) is 3.64. The van der Waals surface area contributed by atoms with E-state index in [2.05, 4.69) is 15.5 Å². The first-order valence-corrected chi connectivity index (χ1v) is 6.68. The van der Waals surface area contributed by atoms with E-state index in [-0.39, 0.29) is 5.82 Å². The topological polar surface area (TPSA) is 42.7 Å². The molecule has 0 aliphatic heterocycles. The van der Waals surface area contributed by atoms with E-state index in [0.29, 0.717) is 6.54 Å². The molecule has 0 radical (unpaired) electrons. The second-order valence-electron chi connectivity index (χ2n) is 4.79. The van der Waals surface area contributed by atoms with Crippen LogP contribution in [0.25, 0.3) is 5.69 Å². The van der Waals surface area contributed by atoms with Crippen LogP contribution in [0.3, 0.4) is 0 Å². The van der Waals surface area contributed by atoms with Crippen LogP contribution in [-0.2, 0) is 6.54 Å². The summed E-state index contributed by atoms with van der Waals surface area (Å²) in [5, 5.41) is 11.5. The van der Waals surface area contributed by atoms with E-state index in [1.807, 2.05) is 31.2 Å². The monoisotopic (exact) mass is 282 g/mol. The van der Waals surface area contributed by atoms with Crippen LogP contribution in [-0.4, -0.2) is 15.0 Å². The Morgan fingerprint density at radius 2 is 1.76 bits per heavy atom. The molecule has 0 bridgehead atoms. The smallest absolute Gasteiger partial charge is 0.123 e. The fourth-order valence-electron chi connectivity index (χ4n) is 2.12. The van der Waals surface area contributed by atoms with Gasteiger partial charge < -0.3 is 5.32 Å². The molecule has 0 saturated carbocycles. The molecule has 5 heteroatoms. The lowest BCUT2D eigenvalue weighted by Gasteiger charge is -2.09. The van der Waals surface area contributed by atoms with Crippen LogP contribution in [0, 0.1) is 12.7 Å². The molecule has 0 fully saturated rings. The molecule has 0 unspecified atom stereocenters. The van der Waals surface area contributed by atoms with Crippen LogP contribution in [0.4, 0.5) is 10.1 Å². The highest BCUT2D eigenvalue weighted by Crippen LogP contribution is 2.15. The standard InChI is InChI=1S/C16H15FN4/c1-12-10-14(17)3-2-13(12)11-18-15-4-6-16(7-5-15)21-19-8-9-20-21/h2-10,18H,11H2,1H3. The normalized spacial score (nSPS) is 10.6. The van der Waals surface area contributed by atoms with Crippen molar-refractivity contribution in [1.29, 1.82) is 0 Å². The molecule has 106 valence electrons. The Balaban J connectivity index is 1.68. The fraction of sp³-hybridized carbons (Fsp3) is 0.125. The molecule has 3 rings (SSSR count). The summed E-state index contributed by atoms with van der Waals surface area (Å²) in [4.78, 5) is 1.56. The zero-order valence-electron chi connectivity index (χ0n) is 11.6. The third kappa shape index (κ3) is 3.08. The predicted molar refractivity (Wildman–Crippen MR) is 79.8 cm³/mol. The van der Waals surface area contributed by atoms with Gasteiger partial charge in [-0.25, -0.2) is 4.39 Å². The molecule has 3 aromatic rings. The van der Waals surface area contributed by atoms with E-state index >= 15 is 0 Å². The zero-order chi connectivity index (χ0) is 14.7. The number of aromatic nitrogens is 3. The second-order valence-corrected chi connectivity index (χ2v) is 4.79. The van der Waals surface area contributed by atoms with Gasteiger partial charge in [-0.3, -0.25) is 0 Å². The van der Waals surface area contributed by atoms with Crippen molar-refractivity contribution in [3.63, 3.8) is 0 Å². The lowest BCUT2D eigenvalue weighted by atomic mass is 10.1. The lowest BCUT2D eigenvalue weighted by Crippen LogP contribution is -2.02. The van der Waals surface area contributed by atoms with Gasteiger partial charge in [0.2, 0.25) is 0 Å². The minimum absolute atomic E-state index is 0.202. The zero-order valence-corrected chi connectivity index (χ0v) is 11.6. The number of rotatable bonds is 4. The van der Waals surface area contributed by atoms with E-state index in [9.17, 15) is 4.39 Å². The summed E-state index contributed by atoms with van der Waals surface area (Å²) in [5.74, 6) is -0.202. The summed E-state index contributed by atoms with van der Waals surface area (Å²) in [5.41, 5.74) is 3.92. The van der Waals surface area contributed by atoms with E-state index in [1.54, 1.807) is 29.3 Å². The van der Waals surface area contributed by atoms with E-state index < -0.39 is 0 Å². The lowest BCUT2D eigenvalue weighted by molar-refractivity contribution is 0.625. The van der Waals surface area contributed by atoms with Gasteiger partial charge in [-0.05, 0) is 54.4 Å². The molecule has 0 spiro atoms. The third-order valence-electron chi connectivity index (χ3n) is 3.30. The van der Waals surface area contributed by atoms with Crippen LogP contribution < -0.4 is 5.32 Å². The summed E-state index contributed by atoms with van der Waals surface area (Å²) in [6.45, 7) is 2.57. The predicted octanol–water partition coefficient (Wildman–Crippen LogP) is 3.33. The number of nitrogens with one attached hydrogen (secondary N) is 1. The van der Waals surface area contributed by atoms with Crippen molar-refractivity contribution in [1.82, 2.24) is 15.0 Å². The summed E-state index contributed by atoms with van der Waals surface area (Å²) in [6, 6.07) is 12.7. The molecular weight excluding hydrogens is 267 g/mol. The maximum absolute atomic E-state index is 13.1. The van der Waals surface area contributed by atoms with Gasteiger partial charge in [-0.15, -0.1) is 0 Å². The number of hydrogen-bond donors (Lipinski definition) is 1. The molecule has 1 heterocycles. The summed E-state index contributed by atoms with van der Waals surface area (Å²) >= 11 is 0. The van der Waals surface area contributed by atoms with Gasteiger partial charge >= 0.3 is 0 Å². The Hall–Kier alpha value is -2.69. The molecule has 0 amide bonds. The SMILES string of the molecule is Cc1cc(F)ccc1CNc1ccc(-n2nccn2)cc1. The number of benzene rings is 2. The van der Waals surface area contributed by atoms with Crippen LogP contribution in [0.15, 0.2) is 54.9 Å². The van der Waals surface area contributed by atoms with Crippen molar-refractivity contribution in [2.75, 3.05) is 5.32 Å². The molecule has 0 saturated heterocycles. The minimum Gasteiger partial charge on any atom is -0.381 e. The van der Waals surface area contributed by atoms with Gasteiger partial charge in [0.1, 0.15) is 5.82 Å². The van der Waals surface area contributed by atoms with E-state index in [4.69, 9.17) is 0 Å². The van der Waals surface area contributed by atoms with Crippen molar-refractivity contribution in [3.05, 3.63) is 71.8 Å². The van der Waals surface area contributed by atoms with Crippen molar-refractivity contribution >= 4 is 5.69 Å². The van der Waals surface area contributed by atoms with Crippen LogP contribution >= 0.6 is 0 Å². The van der Waals surface area contributed by atoms with Gasteiger partial charge in [-0.1, -0.05) is 6.07 Å². The fourth-order valence-corrected chi connectivity index (χ4v) is 2.12. The highest BCUT2D eigenvalue weighted by Gasteiger charge is 2.01. The summed E-state index contributed by atoms with van der Waals surface area (Å²) < 4.78 is 13.1. The maximum Gasteiger partial charge on any atom is 0.123 e. The molecule has 0 atom stereocenters. The van der Waals surface area contributed by atoms with Gasteiger partial charge in [0, 0.05) is 12.2 Å². The Morgan fingerprint density at radius 3 is 2.43 bits per heavy atom. The van der Waals surface area contributed by atoms with Gasteiger partial charge in [0.05, 0.1) is 18.1 Å². The molecule has 4 nitrogen and oxygen atoms in total. The average molecular weight is 282 g/mol. The average Bonchev–Trinajstić information content (AvgIpc) is 3.01. The first-order valence-electron chi connectivity index (χ1n) is 6.68. The van der Waals surface area contributed by atoms with E-state index in [0.717, 1.165) is 22.5 Å². The third-order valence-corrected chi connectivity index (χ3v) is 3.30. The van der Waals surface area contributed by atoms with E-state index in [1.165, 1.54) is 6.07 Å². The Bertz CT molecular complexity index is 721. The minimum atomic E-state index is -0.202. The number of hydrogen-bond acceptors (Lipinski definition) is 3. The first-order chi connectivity index (χ1) is 10.2. The summed E-state index contributed by atoms with van der Waals surface area (Å²) in [7, 11) is 0. The number of aryl methyl sites for hydroxylation is 1. The first kappa shape index (κ1) is 13.3. The highest BCUT2D eigenvalue weighted by molar-refractivity contribution is 5.48. The number of nitrogens with zero attached hydrogens (tertiary/aromatic N) is 3. The molecule has 2 aromatic carbocycles. The van der Waals surface area contributed by atoms with Gasteiger partial charge in [0.25, 0.3) is 0 Å². The van der Waals surface area contributed by atoms with Crippen molar-refractivity contribution in [3.8, 4) is 5.69 Å². The molecule has 0 aliphatic carbocycles. The molecule has 0 aliphatic rings. The second kappa shape index (κ2) is 5.75. The van der Waals surface area contributed by atoms with Crippen LogP contribution in [0.2, 0.25) is 0 Å². The Morgan fingerprint density at radius 1 is 1.05 bits per heavy atom. The van der Waals surface area contributed by atoms with Gasteiger partial charge in [-0.2, -0.15) is 15.0 Å². The molecule has 1 N–H and O–H groups in total. The van der Waals surface area contributed by atoms with Gasteiger partial charge in [0.15, 0.2) is 0 Å². The largest absolute Gasteiger partial charge is 0.381 e. The number of anilines is 1. The molecular formula is C16H15FN4. The maximum atomic E-state index is 13.1. The van der Waals surface area contributed by atoms with Crippen LogP contribution in [0.5, 0.6) is 0 Å². The van der Waals surface area contributed by atoms with Crippen molar-refractivity contribution < 1.29 is 4.39 Å². The highest BCUT2D eigenvalue weighted by atomic mass is 19.1. The van der Waals surface area contributed by atoms with Crippen molar-refractivity contribution in [2.45, 2.75) is 13.5 Å².